The molecule has 0 bridgehead atoms. The fourth-order valence-electron chi connectivity index (χ4n) is 2.75. The zero-order valence-corrected chi connectivity index (χ0v) is 14.9. The molecule has 124 valence electrons. The summed E-state index contributed by atoms with van der Waals surface area (Å²) in [7, 11) is 0. The van der Waals surface area contributed by atoms with E-state index < -0.39 is 6.10 Å². The summed E-state index contributed by atoms with van der Waals surface area (Å²) in [5.41, 5.74) is 2.34. The van der Waals surface area contributed by atoms with Crippen molar-refractivity contribution in [1.29, 1.82) is 0 Å². The molecule has 24 heavy (non-hydrogen) atoms. The third-order valence-corrected chi connectivity index (χ3v) is 4.65. The van der Waals surface area contributed by atoms with Crippen LogP contribution in [0.1, 0.15) is 35.5 Å². The topological polar surface area (TPSA) is 50.4 Å². The number of halogens is 2. The maximum Gasteiger partial charge on any atom is 0.192 e. The van der Waals surface area contributed by atoms with Gasteiger partial charge in [0, 0.05) is 22.5 Å². The van der Waals surface area contributed by atoms with Crippen molar-refractivity contribution in [3.8, 4) is 0 Å². The SMILES string of the molecule is Cc1cc(C(C)O)c2oc(Cc3cc(F)ccc3Br)cc(=O)c2c1. The van der Waals surface area contributed by atoms with Gasteiger partial charge in [-0.2, -0.15) is 0 Å². The minimum atomic E-state index is -0.758. The van der Waals surface area contributed by atoms with Gasteiger partial charge in [0.25, 0.3) is 0 Å². The Bertz CT molecular complexity index is 976. The number of rotatable bonds is 3. The molecule has 0 aliphatic carbocycles. The van der Waals surface area contributed by atoms with Gasteiger partial charge in [-0.3, -0.25) is 4.79 Å². The lowest BCUT2D eigenvalue weighted by Crippen LogP contribution is -2.06. The van der Waals surface area contributed by atoms with Gasteiger partial charge >= 0.3 is 0 Å². The second-order valence-electron chi connectivity index (χ2n) is 5.90. The second kappa shape index (κ2) is 6.49. The lowest BCUT2D eigenvalue weighted by Gasteiger charge is -2.11. The summed E-state index contributed by atoms with van der Waals surface area (Å²) in [6.07, 6.45) is -0.483. The summed E-state index contributed by atoms with van der Waals surface area (Å²) in [6.45, 7) is 3.49. The van der Waals surface area contributed by atoms with E-state index in [-0.39, 0.29) is 17.7 Å². The van der Waals surface area contributed by atoms with Gasteiger partial charge in [0.05, 0.1) is 11.5 Å². The molecule has 3 nitrogen and oxygen atoms in total. The number of aliphatic hydroxyl groups excluding tert-OH is 1. The maximum absolute atomic E-state index is 13.5. The van der Waals surface area contributed by atoms with Gasteiger partial charge in [-0.15, -0.1) is 0 Å². The number of aliphatic hydroxyl groups is 1. The molecule has 0 radical (unpaired) electrons. The quantitative estimate of drug-likeness (QED) is 0.707. The number of hydrogen-bond acceptors (Lipinski definition) is 3. The predicted molar refractivity (Wildman–Crippen MR) is 94.8 cm³/mol. The first-order valence-corrected chi connectivity index (χ1v) is 8.33. The lowest BCUT2D eigenvalue weighted by molar-refractivity contribution is 0.199. The van der Waals surface area contributed by atoms with E-state index in [1.807, 2.05) is 6.92 Å². The first-order chi connectivity index (χ1) is 11.3. The fourth-order valence-corrected chi connectivity index (χ4v) is 3.13. The van der Waals surface area contributed by atoms with E-state index in [0.29, 0.717) is 27.9 Å². The molecule has 0 aliphatic rings. The van der Waals surface area contributed by atoms with Gasteiger partial charge in [-0.05, 0) is 55.3 Å². The highest BCUT2D eigenvalue weighted by atomic mass is 79.9. The van der Waals surface area contributed by atoms with Crippen molar-refractivity contribution in [3.63, 3.8) is 0 Å². The van der Waals surface area contributed by atoms with E-state index in [1.165, 1.54) is 18.2 Å². The summed E-state index contributed by atoms with van der Waals surface area (Å²) >= 11 is 3.38. The summed E-state index contributed by atoms with van der Waals surface area (Å²) in [5, 5.41) is 10.4. The number of hydrogen-bond donors (Lipinski definition) is 1. The van der Waals surface area contributed by atoms with Crippen LogP contribution in [-0.2, 0) is 6.42 Å². The average Bonchev–Trinajstić information content (AvgIpc) is 2.51. The normalized spacial score (nSPS) is 12.5. The molecule has 0 aliphatic heterocycles. The number of aryl methyl sites for hydroxylation is 1. The first-order valence-electron chi connectivity index (χ1n) is 7.54. The minimum absolute atomic E-state index is 0.177. The Hall–Kier alpha value is -1.98. The molecular weight excluding hydrogens is 375 g/mol. The summed E-state index contributed by atoms with van der Waals surface area (Å²) in [6, 6.07) is 9.35. The smallest absolute Gasteiger partial charge is 0.192 e. The molecule has 3 rings (SSSR count). The van der Waals surface area contributed by atoms with Gasteiger partial charge in [0.1, 0.15) is 17.2 Å². The molecule has 5 heteroatoms. The summed E-state index contributed by atoms with van der Waals surface area (Å²) in [4.78, 5) is 12.4. The van der Waals surface area contributed by atoms with Crippen LogP contribution in [0.15, 0.2) is 50.1 Å². The van der Waals surface area contributed by atoms with Gasteiger partial charge in [-0.25, -0.2) is 4.39 Å². The Labute approximate surface area is 146 Å². The Kier molecular flexibility index (Phi) is 4.56. The fraction of sp³-hybridized carbons (Fsp3) is 0.211. The molecule has 0 fully saturated rings. The van der Waals surface area contributed by atoms with Crippen LogP contribution in [0.5, 0.6) is 0 Å². The van der Waals surface area contributed by atoms with Crippen molar-refractivity contribution in [2.24, 2.45) is 0 Å². The zero-order chi connectivity index (χ0) is 17.4. The molecule has 0 amide bonds. The highest BCUT2D eigenvalue weighted by molar-refractivity contribution is 9.10. The molecule has 1 heterocycles. The zero-order valence-electron chi connectivity index (χ0n) is 13.3. The molecule has 0 saturated heterocycles. The minimum Gasteiger partial charge on any atom is -0.460 e. The van der Waals surface area contributed by atoms with E-state index in [4.69, 9.17) is 4.42 Å². The van der Waals surface area contributed by atoms with E-state index >= 15 is 0 Å². The highest BCUT2D eigenvalue weighted by Gasteiger charge is 2.14. The third kappa shape index (κ3) is 3.28. The van der Waals surface area contributed by atoms with Crippen molar-refractivity contribution < 1.29 is 13.9 Å². The van der Waals surface area contributed by atoms with Gasteiger partial charge < -0.3 is 9.52 Å². The van der Waals surface area contributed by atoms with Crippen LogP contribution in [0.3, 0.4) is 0 Å². The van der Waals surface area contributed by atoms with Gasteiger partial charge in [-0.1, -0.05) is 15.9 Å². The van der Waals surface area contributed by atoms with E-state index in [1.54, 1.807) is 25.1 Å². The largest absolute Gasteiger partial charge is 0.460 e. The van der Waals surface area contributed by atoms with E-state index in [9.17, 15) is 14.3 Å². The molecule has 1 aromatic heterocycles. The molecule has 0 spiro atoms. The van der Waals surface area contributed by atoms with Gasteiger partial charge in [0.15, 0.2) is 5.43 Å². The molecule has 3 aromatic rings. The Morgan fingerprint density at radius 3 is 2.71 bits per heavy atom. The van der Waals surface area contributed by atoms with Gasteiger partial charge in [0.2, 0.25) is 0 Å². The van der Waals surface area contributed by atoms with Crippen molar-refractivity contribution >= 4 is 26.9 Å². The standard InChI is InChI=1S/C19H16BrFO3/c1-10-5-15(11(2)22)19-16(6-10)18(23)9-14(24-19)8-12-7-13(21)3-4-17(12)20/h3-7,9,11,22H,8H2,1-2H3. The molecule has 1 atom stereocenters. The van der Waals surface area contributed by atoms with Crippen molar-refractivity contribution in [1.82, 2.24) is 0 Å². The van der Waals surface area contributed by atoms with Crippen molar-refractivity contribution in [3.05, 3.63) is 79.4 Å². The Morgan fingerprint density at radius 2 is 2.00 bits per heavy atom. The predicted octanol–water partition coefficient (Wildman–Crippen LogP) is 4.65. The van der Waals surface area contributed by atoms with Crippen LogP contribution in [0.25, 0.3) is 11.0 Å². The molecule has 1 unspecified atom stereocenters. The Balaban J connectivity index is 2.17. The molecular formula is C19H16BrFO3. The van der Waals surface area contributed by atoms with Crippen molar-refractivity contribution in [2.75, 3.05) is 0 Å². The highest BCUT2D eigenvalue weighted by Crippen LogP contribution is 2.27. The van der Waals surface area contributed by atoms with Crippen LogP contribution >= 0.6 is 15.9 Å². The van der Waals surface area contributed by atoms with Crippen LogP contribution in [0, 0.1) is 12.7 Å². The molecule has 1 N–H and O–H groups in total. The molecule has 2 aromatic carbocycles. The van der Waals surface area contributed by atoms with E-state index in [2.05, 4.69) is 15.9 Å². The van der Waals surface area contributed by atoms with Crippen LogP contribution in [-0.4, -0.2) is 5.11 Å². The second-order valence-corrected chi connectivity index (χ2v) is 6.75. The molecule has 0 saturated carbocycles. The van der Waals surface area contributed by atoms with Crippen LogP contribution in [0.4, 0.5) is 4.39 Å². The monoisotopic (exact) mass is 390 g/mol. The lowest BCUT2D eigenvalue weighted by atomic mass is 10.0. The summed E-state index contributed by atoms with van der Waals surface area (Å²) < 4.78 is 20.1. The third-order valence-electron chi connectivity index (χ3n) is 3.88. The number of fused-ring (bicyclic) bond motifs is 1. The average molecular weight is 391 g/mol. The van der Waals surface area contributed by atoms with E-state index in [0.717, 1.165) is 10.0 Å². The first kappa shape index (κ1) is 16.9. The maximum atomic E-state index is 13.5. The van der Waals surface area contributed by atoms with Crippen LogP contribution in [0.2, 0.25) is 0 Å². The van der Waals surface area contributed by atoms with Crippen molar-refractivity contribution in [2.45, 2.75) is 26.4 Å². The van der Waals surface area contributed by atoms with Crippen LogP contribution < -0.4 is 5.43 Å². The summed E-state index contributed by atoms with van der Waals surface area (Å²) in [5.74, 6) is 0.0705. The number of benzene rings is 2. The Morgan fingerprint density at radius 1 is 1.25 bits per heavy atom.